The number of rotatable bonds is 3. The van der Waals surface area contributed by atoms with E-state index in [0.29, 0.717) is 0 Å². The van der Waals surface area contributed by atoms with Crippen molar-refractivity contribution < 1.29 is 4.74 Å². The van der Waals surface area contributed by atoms with E-state index in [1.54, 1.807) is 6.08 Å². The van der Waals surface area contributed by atoms with E-state index in [2.05, 4.69) is 22.5 Å². The predicted molar refractivity (Wildman–Crippen MR) is 60.0 cm³/mol. The first-order valence-corrected chi connectivity index (χ1v) is 5.02. The van der Waals surface area contributed by atoms with Gasteiger partial charge in [0.15, 0.2) is 0 Å². The number of ether oxygens (including phenoxy) is 1. The van der Waals surface area contributed by atoms with Crippen molar-refractivity contribution >= 4 is 22.0 Å². The second-order valence-corrected chi connectivity index (χ2v) is 3.82. The van der Waals surface area contributed by atoms with Crippen LogP contribution in [0.5, 0.6) is 5.75 Å². The molecular weight excluding hydrogens is 228 g/mol. The summed E-state index contributed by atoms with van der Waals surface area (Å²) in [6, 6.07) is 5.89. The smallest absolute Gasteiger partial charge is 0.134 e. The van der Waals surface area contributed by atoms with Gasteiger partial charge in [0.1, 0.15) is 5.75 Å². The fourth-order valence-electron chi connectivity index (χ4n) is 1.03. The van der Waals surface area contributed by atoms with Crippen LogP contribution in [0.3, 0.4) is 0 Å². The molecule has 0 fully saturated rings. The maximum atomic E-state index is 5.59. The fourth-order valence-corrected chi connectivity index (χ4v) is 1.55. The molecule has 1 aromatic rings. The van der Waals surface area contributed by atoms with Crippen molar-refractivity contribution in [1.29, 1.82) is 0 Å². The van der Waals surface area contributed by atoms with Gasteiger partial charge in [0.2, 0.25) is 0 Å². The van der Waals surface area contributed by atoms with Gasteiger partial charge in [-0.15, -0.1) is 0 Å². The highest BCUT2D eigenvalue weighted by atomic mass is 79.9. The summed E-state index contributed by atoms with van der Waals surface area (Å²) in [5.74, 6) is 0.868. The summed E-state index contributed by atoms with van der Waals surface area (Å²) in [4.78, 5) is 0. The molecule has 2 heteroatoms. The highest BCUT2D eigenvalue weighted by Crippen LogP contribution is 2.29. The van der Waals surface area contributed by atoms with Gasteiger partial charge in [0.05, 0.1) is 10.6 Å². The molecule has 0 heterocycles. The molecule has 0 atom stereocenters. The maximum Gasteiger partial charge on any atom is 0.134 e. The lowest BCUT2D eigenvalue weighted by molar-refractivity contribution is 0.241. The van der Waals surface area contributed by atoms with Crippen LogP contribution in [0, 0.1) is 0 Å². The van der Waals surface area contributed by atoms with Crippen LogP contribution < -0.4 is 4.74 Å². The Balaban J connectivity index is 3.01. The van der Waals surface area contributed by atoms with Crippen molar-refractivity contribution in [3.05, 3.63) is 34.8 Å². The molecule has 0 bridgehead atoms. The van der Waals surface area contributed by atoms with Crippen molar-refractivity contribution in [3.63, 3.8) is 0 Å². The average Bonchev–Trinajstić information content (AvgIpc) is 2.08. The Kier molecular flexibility index (Phi) is 3.55. The van der Waals surface area contributed by atoms with E-state index in [-0.39, 0.29) is 6.10 Å². The Bertz CT molecular complexity index is 305. The summed E-state index contributed by atoms with van der Waals surface area (Å²) >= 11 is 3.47. The van der Waals surface area contributed by atoms with Crippen molar-refractivity contribution in [3.8, 4) is 5.75 Å². The second kappa shape index (κ2) is 4.47. The Hall–Kier alpha value is -0.760. The second-order valence-electron chi connectivity index (χ2n) is 3.03. The lowest BCUT2D eigenvalue weighted by Gasteiger charge is -2.12. The lowest BCUT2D eigenvalue weighted by Crippen LogP contribution is -2.06. The van der Waals surface area contributed by atoms with Crippen LogP contribution in [0.4, 0.5) is 0 Å². The molecule has 0 N–H and O–H groups in total. The van der Waals surface area contributed by atoms with Crippen LogP contribution in [0.1, 0.15) is 19.4 Å². The van der Waals surface area contributed by atoms with Gasteiger partial charge < -0.3 is 4.74 Å². The van der Waals surface area contributed by atoms with Gasteiger partial charge in [-0.25, -0.2) is 0 Å². The Labute approximate surface area is 87.5 Å². The highest BCUT2D eigenvalue weighted by Gasteiger charge is 2.05. The molecule has 0 unspecified atom stereocenters. The molecule has 1 nitrogen and oxygen atoms in total. The lowest BCUT2D eigenvalue weighted by atomic mass is 10.2. The summed E-state index contributed by atoms with van der Waals surface area (Å²) in [5.41, 5.74) is 1.05. The van der Waals surface area contributed by atoms with Gasteiger partial charge in [0.25, 0.3) is 0 Å². The third kappa shape index (κ3) is 2.59. The molecule has 0 spiro atoms. The van der Waals surface area contributed by atoms with Gasteiger partial charge in [-0.2, -0.15) is 0 Å². The minimum atomic E-state index is 0.191. The van der Waals surface area contributed by atoms with E-state index in [9.17, 15) is 0 Å². The Morgan fingerprint density at radius 2 is 2.15 bits per heavy atom. The molecule has 0 amide bonds. The standard InChI is InChI=1S/C11H13BrO/c1-4-9-6-5-7-10(11(9)12)13-8(2)3/h4-8H,1H2,2-3H3. The first-order valence-electron chi connectivity index (χ1n) is 4.22. The van der Waals surface area contributed by atoms with Crippen LogP contribution in [0.15, 0.2) is 29.3 Å². The summed E-state index contributed by atoms with van der Waals surface area (Å²) in [5, 5.41) is 0. The molecule has 0 aromatic heterocycles. The van der Waals surface area contributed by atoms with Crippen LogP contribution in [-0.4, -0.2) is 6.10 Å². The molecule has 13 heavy (non-hydrogen) atoms. The summed E-state index contributed by atoms with van der Waals surface area (Å²) in [7, 11) is 0. The Morgan fingerprint density at radius 1 is 1.46 bits per heavy atom. The molecule has 0 saturated carbocycles. The van der Waals surface area contributed by atoms with E-state index in [4.69, 9.17) is 4.74 Å². The van der Waals surface area contributed by atoms with Crippen molar-refractivity contribution in [2.75, 3.05) is 0 Å². The number of hydrogen-bond acceptors (Lipinski definition) is 1. The van der Waals surface area contributed by atoms with Crippen molar-refractivity contribution in [2.45, 2.75) is 20.0 Å². The Morgan fingerprint density at radius 3 is 2.69 bits per heavy atom. The SMILES string of the molecule is C=Cc1cccc(OC(C)C)c1Br. The van der Waals surface area contributed by atoms with Gasteiger partial charge >= 0.3 is 0 Å². The number of benzene rings is 1. The quantitative estimate of drug-likeness (QED) is 0.780. The average molecular weight is 241 g/mol. The number of hydrogen-bond donors (Lipinski definition) is 0. The molecule has 0 aliphatic carbocycles. The van der Waals surface area contributed by atoms with E-state index in [0.717, 1.165) is 15.8 Å². The highest BCUT2D eigenvalue weighted by molar-refractivity contribution is 9.10. The molecule has 70 valence electrons. The van der Waals surface area contributed by atoms with Gasteiger partial charge in [0, 0.05) is 0 Å². The molecular formula is C11H13BrO. The normalized spacial score (nSPS) is 10.2. The fraction of sp³-hybridized carbons (Fsp3) is 0.273. The van der Waals surface area contributed by atoms with E-state index in [1.807, 2.05) is 32.0 Å². The molecule has 0 aliphatic rings. The molecule has 0 aliphatic heterocycles. The molecule has 1 rings (SSSR count). The first-order chi connectivity index (χ1) is 6.15. The largest absolute Gasteiger partial charge is 0.490 e. The van der Waals surface area contributed by atoms with E-state index < -0.39 is 0 Å². The third-order valence-corrected chi connectivity index (χ3v) is 2.42. The summed E-state index contributed by atoms with van der Waals surface area (Å²) in [6.07, 6.45) is 1.99. The zero-order valence-corrected chi connectivity index (χ0v) is 9.47. The van der Waals surface area contributed by atoms with Gasteiger partial charge in [-0.1, -0.05) is 24.8 Å². The van der Waals surface area contributed by atoms with Gasteiger partial charge in [-0.05, 0) is 41.4 Å². The zero-order chi connectivity index (χ0) is 9.84. The topological polar surface area (TPSA) is 9.23 Å². The van der Waals surface area contributed by atoms with Crippen LogP contribution in [0.25, 0.3) is 6.08 Å². The molecule has 0 radical (unpaired) electrons. The summed E-state index contributed by atoms with van der Waals surface area (Å²) < 4.78 is 6.56. The maximum absolute atomic E-state index is 5.59. The zero-order valence-electron chi connectivity index (χ0n) is 7.88. The summed E-state index contributed by atoms with van der Waals surface area (Å²) in [6.45, 7) is 7.74. The number of halogens is 1. The van der Waals surface area contributed by atoms with Crippen molar-refractivity contribution in [2.24, 2.45) is 0 Å². The van der Waals surface area contributed by atoms with E-state index >= 15 is 0 Å². The van der Waals surface area contributed by atoms with Gasteiger partial charge in [-0.3, -0.25) is 0 Å². The van der Waals surface area contributed by atoms with Crippen LogP contribution >= 0.6 is 15.9 Å². The minimum Gasteiger partial charge on any atom is -0.490 e. The van der Waals surface area contributed by atoms with E-state index in [1.165, 1.54) is 0 Å². The van der Waals surface area contributed by atoms with Crippen LogP contribution in [0.2, 0.25) is 0 Å². The first kappa shape index (κ1) is 10.3. The molecule has 0 saturated heterocycles. The third-order valence-electron chi connectivity index (χ3n) is 1.58. The predicted octanol–water partition coefficient (Wildman–Crippen LogP) is 3.88. The molecule has 1 aromatic carbocycles. The van der Waals surface area contributed by atoms with Crippen molar-refractivity contribution in [1.82, 2.24) is 0 Å². The van der Waals surface area contributed by atoms with Crippen LogP contribution in [-0.2, 0) is 0 Å². The monoisotopic (exact) mass is 240 g/mol. The minimum absolute atomic E-state index is 0.191.